The zero-order valence-corrected chi connectivity index (χ0v) is 13.9. The third kappa shape index (κ3) is 3.88. The molecule has 22 heavy (non-hydrogen) atoms. The van der Waals surface area contributed by atoms with Crippen molar-refractivity contribution in [3.05, 3.63) is 51.6 Å². The van der Waals surface area contributed by atoms with Gasteiger partial charge in [-0.2, -0.15) is 9.37 Å². The Balaban J connectivity index is 2.02. The van der Waals surface area contributed by atoms with E-state index in [2.05, 4.69) is 11.6 Å². The lowest BCUT2D eigenvalue weighted by atomic mass is 10.3. The second-order valence-corrected chi connectivity index (χ2v) is 6.20. The molecule has 2 rings (SSSR count). The average molecular weight is 363 g/mol. The van der Waals surface area contributed by atoms with Crippen LogP contribution >= 0.6 is 35.0 Å². The van der Waals surface area contributed by atoms with Crippen molar-refractivity contribution in [3.63, 3.8) is 0 Å². The minimum absolute atomic E-state index is 0.0258. The van der Waals surface area contributed by atoms with Crippen LogP contribution in [0.5, 0.6) is 5.88 Å². The molecule has 2 heterocycles. The van der Waals surface area contributed by atoms with Crippen molar-refractivity contribution in [2.45, 2.75) is 18.8 Å². The van der Waals surface area contributed by atoms with Crippen LogP contribution in [0, 0.1) is 5.95 Å². The maximum atomic E-state index is 13.5. The molecule has 8 heteroatoms. The minimum Gasteiger partial charge on any atom is -0.468 e. The number of aromatic nitrogens is 1. The van der Waals surface area contributed by atoms with Crippen molar-refractivity contribution < 1.29 is 13.5 Å². The lowest BCUT2D eigenvalue weighted by Gasteiger charge is -2.17. The molecule has 2 aromatic heterocycles. The third-order valence-corrected chi connectivity index (χ3v) is 4.62. The number of pyridine rings is 1. The van der Waals surface area contributed by atoms with Crippen LogP contribution in [0.3, 0.4) is 0 Å². The Hall–Kier alpha value is -1.37. The van der Waals surface area contributed by atoms with Crippen LogP contribution in [0.15, 0.2) is 34.3 Å². The highest BCUT2D eigenvalue weighted by atomic mass is 35.5. The molecule has 0 saturated heterocycles. The summed E-state index contributed by atoms with van der Waals surface area (Å²) >= 11 is 13.0. The van der Waals surface area contributed by atoms with E-state index in [0.717, 1.165) is 5.76 Å². The number of ether oxygens (including phenoxy) is 1. The maximum Gasteiger partial charge on any atom is 0.238 e. The zero-order chi connectivity index (χ0) is 16.3. The number of halogens is 3. The fourth-order valence-electron chi connectivity index (χ4n) is 1.50. The molecule has 0 aliphatic heterocycles. The summed E-state index contributed by atoms with van der Waals surface area (Å²) < 4.78 is 24.3. The van der Waals surface area contributed by atoms with Gasteiger partial charge in [0, 0.05) is 4.91 Å². The summed E-state index contributed by atoms with van der Waals surface area (Å²) in [7, 11) is 0. The van der Waals surface area contributed by atoms with Gasteiger partial charge >= 0.3 is 0 Å². The fourth-order valence-corrected chi connectivity index (χ4v) is 2.64. The SMILES string of the molecule is C=C(SCc1ccco1)[C@@H](C)Oc1nc(F)c(Cl)c(N)c1Cl. The molecule has 1 atom stereocenters. The van der Waals surface area contributed by atoms with Gasteiger partial charge in [-0.05, 0) is 19.1 Å². The fraction of sp³-hybridized carbons (Fsp3) is 0.214. The van der Waals surface area contributed by atoms with Crippen molar-refractivity contribution >= 4 is 40.7 Å². The molecule has 0 bridgehead atoms. The van der Waals surface area contributed by atoms with Gasteiger partial charge in [-0.1, -0.05) is 29.8 Å². The highest BCUT2D eigenvalue weighted by Crippen LogP contribution is 2.36. The summed E-state index contributed by atoms with van der Waals surface area (Å²) in [4.78, 5) is 4.28. The van der Waals surface area contributed by atoms with Gasteiger partial charge in [-0.3, -0.25) is 0 Å². The normalized spacial score (nSPS) is 12.2. The Morgan fingerprint density at radius 3 is 2.91 bits per heavy atom. The number of thioether (sulfide) groups is 1. The van der Waals surface area contributed by atoms with Gasteiger partial charge in [-0.15, -0.1) is 11.8 Å². The molecule has 0 unspecified atom stereocenters. The number of furan rings is 1. The second-order valence-electron chi connectivity index (χ2n) is 4.34. The summed E-state index contributed by atoms with van der Waals surface area (Å²) in [6.45, 7) is 5.66. The molecule has 4 nitrogen and oxygen atoms in total. The van der Waals surface area contributed by atoms with E-state index < -0.39 is 12.1 Å². The van der Waals surface area contributed by atoms with E-state index in [4.69, 9.17) is 38.1 Å². The minimum atomic E-state index is -0.931. The van der Waals surface area contributed by atoms with Crippen molar-refractivity contribution in [2.24, 2.45) is 0 Å². The second kappa shape index (κ2) is 7.26. The topological polar surface area (TPSA) is 61.3 Å². The summed E-state index contributed by atoms with van der Waals surface area (Å²) in [6.07, 6.45) is 1.14. The van der Waals surface area contributed by atoms with Crippen LogP contribution < -0.4 is 10.5 Å². The van der Waals surface area contributed by atoms with E-state index >= 15 is 0 Å². The summed E-state index contributed by atoms with van der Waals surface area (Å²) in [5.41, 5.74) is 5.49. The number of nitrogen functional groups attached to an aromatic ring is 1. The Kier molecular flexibility index (Phi) is 5.61. The highest BCUT2D eigenvalue weighted by Gasteiger charge is 2.19. The summed E-state index contributed by atoms with van der Waals surface area (Å²) in [5.74, 6) is 0.377. The van der Waals surface area contributed by atoms with Crippen LogP contribution in [0.2, 0.25) is 10.0 Å². The van der Waals surface area contributed by atoms with Gasteiger partial charge in [-0.25, -0.2) is 0 Å². The molecule has 2 N–H and O–H groups in total. The molecule has 2 aromatic rings. The van der Waals surface area contributed by atoms with E-state index in [9.17, 15) is 4.39 Å². The third-order valence-electron chi connectivity index (χ3n) is 2.76. The molecule has 0 radical (unpaired) electrons. The molecule has 0 fully saturated rings. The molecule has 0 aromatic carbocycles. The quantitative estimate of drug-likeness (QED) is 0.739. The lowest BCUT2D eigenvalue weighted by Crippen LogP contribution is -2.15. The molecule has 0 amide bonds. The van der Waals surface area contributed by atoms with Crippen LogP contribution in [-0.4, -0.2) is 11.1 Å². The molecule has 0 saturated carbocycles. The van der Waals surface area contributed by atoms with Crippen LogP contribution in [-0.2, 0) is 5.75 Å². The van der Waals surface area contributed by atoms with Crippen molar-refractivity contribution in [3.8, 4) is 5.88 Å². The monoisotopic (exact) mass is 362 g/mol. The van der Waals surface area contributed by atoms with Gasteiger partial charge in [0.2, 0.25) is 11.8 Å². The molecule has 0 aliphatic rings. The molecule has 0 spiro atoms. The van der Waals surface area contributed by atoms with Gasteiger partial charge in [0.15, 0.2) is 0 Å². The number of anilines is 1. The summed E-state index contributed by atoms with van der Waals surface area (Å²) in [6, 6.07) is 3.67. The highest BCUT2D eigenvalue weighted by molar-refractivity contribution is 8.02. The van der Waals surface area contributed by atoms with E-state index in [0.29, 0.717) is 10.7 Å². The smallest absolute Gasteiger partial charge is 0.238 e. The first-order valence-corrected chi connectivity index (χ1v) is 7.95. The number of rotatable bonds is 6. The van der Waals surface area contributed by atoms with E-state index in [1.54, 1.807) is 13.2 Å². The van der Waals surface area contributed by atoms with Crippen LogP contribution in [0.4, 0.5) is 10.1 Å². The largest absolute Gasteiger partial charge is 0.468 e. The summed E-state index contributed by atoms with van der Waals surface area (Å²) in [5, 5.41) is -0.349. The van der Waals surface area contributed by atoms with Crippen LogP contribution in [0.1, 0.15) is 12.7 Å². The van der Waals surface area contributed by atoms with Crippen molar-refractivity contribution in [2.75, 3.05) is 5.73 Å². The first-order chi connectivity index (χ1) is 10.4. The first-order valence-electron chi connectivity index (χ1n) is 6.20. The predicted octanol–water partition coefficient (Wildman–Crippen LogP) is 4.92. The van der Waals surface area contributed by atoms with E-state index in [1.807, 2.05) is 12.1 Å². The number of hydrogen-bond donors (Lipinski definition) is 1. The first kappa shape index (κ1) is 17.0. The lowest BCUT2D eigenvalue weighted by molar-refractivity contribution is 0.253. The number of nitrogens with zero attached hydrogens (tertiary/aromatic N) is 1. The predicted molar refractivity (Wildman–Crippen MR) is 87.9 cm³/mol. The Morgan fingerprint density at radius 2 is 2.27 bits per heavy atom. The number of nitrogens with two attached hydrogens (primary N) is 1. The van der Waals surface area contributed by atoms with E-state index in [-0.39, 0.29) is 21.6 Å². The average Bonchev–Trinajstić information content (AvgIpc) is 3.01. The Labute approximate surface area is 141 Å². The van der Waals surface area contributed by atoms with Gasteiger partial charge in [0.25, 0.3) is 0 Å². The number of hydrogen-bond acceptors (Lipinski definition) is 5. The molecule has 118 valence electrons. The van der Waals surface area contributed by atoms with Crippen molar-refractivity contribution in [1.82, 2.24) is 4.98 Å². The zero-order valence-electron chi connectivity index (χ0n) is 11.6. The van der Waals surface area contributed by atoms with Gasteiger partial charge < -0.3 is 14.9 Å². The molecule has 0 aliphatic carbocycles. The van der Waals surface area contributed by atoms with Crippen molar-refractivity contribution in [1.29, 1.82) is 0 Å². The Bertz CT molecular complexity index is 680. The van der Waals surface area contributed by atoms with Gasteiger partial charge in [0.1, 0.15) is 21.9 Å². The Morgan fingerprint density at radius 1 is 1.55 bits per heavy atom. The molecular weight excluding hydrogens is 350 g/mol. The van der Waals surface area contributed by atoms with E-state index in [1.165, 1.54) is 11.8 Å². The van der Waals surface area contributed by atoms with Gasteiger partial charge in [0.05, 0.1) is 17.7 Å². The van der Waals surface area contributed by atoms with Crippen LogP contribution in [0.25, 0.3) is 0 Å². The maximum absolute atomic E-state index is 13.5. The molecular formula is C14H13Cl2FN2O2S. The standard InChI is InChI=1S/C14H13Cl2FN2O2S/c1-7(8(2)22-6-9-4-3-5-20-9)21-14-11(16)12(18)10(15)13(17)19-14/h3-5,7H,2,6H2,1H3,(H2,18,19)/t7-/m1/s1.